The number of nitrogens with zero attached hydrogens (tertiary/aromatic N) is 1. The maximum atomic E-state index is 12.8. The average Bonchev–Trinajstić information content (AvgIpc) is 2.19. The highest BCUT2D eigenvalue weighted by Gasteiger charge is 2.09. The first-order valence-corrected chi connectivity index (χ1v) is 4.33. The van der Waals surface area contributed by atoms with Crippen molar-refractivity contribution >= 4 is 0 Å². The van der Waals surface area contributed by atoms with Crippen LogP contribution in [0.2, 0.25) is 0 Å². The summed E-state index contributed by atoms with van der Waals surface area (Å²) in [6.45, 7) is 0.561. The van der Waals surface area contributed by atoms with Gasteiger partial charge in [-0.1, -0.05) is 0 Å². The highest BCUT2D eigenvalue weighted by atomic mass is 19.1. The molecule has 1 heterocycles. The number of pyridine rings is 1. The molecule has 0 spiro atoms. The quantitative estimate of drug-likeness (QED) is 0.543. The summed E-state index contributed by atoms with van der Waals surface area (Å²) in [5, 5.41) is 0. The highest BCUT2D eigenvalue weighted by Crippen LogP contribution is 2.15. The Bertz CT molecular complexity index is 283. The van der Waals surface area contributed by atoms with Crippen molar-refractivity contribution in [2.45, 2.75) is 12.5 Å². The van der Waals surface area contributed by atoms with E-state index in [-0.39, 0.29) is 11.9 Å². The molecule has 0 saturated carbocycles. The second-order valence-electron chi connectivity index (χ2n) is 2.94. The molecule has 1 atom stereocenters. The molecule has 0 aliphatic carbocycles. The van der Waals surface area contributed by atoms with E-state index in [4.69, 9.17) is 10.6 Å². The SMILES string of the molecule is COCCC(NN)c1cncc(F)c1. The number of aromatic nitrogens is 1. The number of halogens is 1. The Labute approximate surface area is 82.2 Å². The van der Waals surface area contributed by atoms with Gasteiger partial charge in [0.2, 0.25) is 0 Å². The molecule has 0 aliphatic rings. The number of hydrogen-bond acceptors (Lipinski definition) is 4. The molecule has 0 bridgehead atoms. The summed E-state index contributed by atoms with van der Waals surface area (Å²) in [4.78, 5) is 3.75. The van der Waals surface area contributed by atoms with Gasteiger partial charge in [0.25, 0.3) is 0 Å². The smallest absolute Gasteiger partial charge is 0.141 e. The van der Waals surface area contributed by atoms with Crippen LogP contribution in [-0.4, -0.2) is 18.7 Å². The van der Waals surface area contributed by atoms with E-state index in [1.54, 1.807) is 13.3 Å². The summed E-state index contributed by atoms with van der Waals surface area (Å²) < 4.78 is 17.7. The lowest BCUT2D eigenvalue weighted by molar-refractivity contribution is 0.183. The molecule has 0 amide bonds. The van der Waals surface area contributed by atoms with Crippen molar-refractivity contribution in [1.29, 1.82) is 0 Å². The zero-order chi connectivity index (χ0) is 10.4. The van der Waals surface area contributed by atoms with Gasteiger partial charge in [-0.25, -0.2) is 4.39 Å². The molecule has 1 aromatic rings. The van der Waals surface area contributed by atoms with Crippen molar-refractivity contribution in [3.05, 3.63) is 29.8 Å². The van der Waals surface area contributed by atoms with E-state index in [9.17, 15) is 4.39 Å². The first kappa shape index (κ1) is 11.0. The largest absolute Gasteiger partial charge is 0.385 e. The normalized spacial score (nSPS) is 12.8. The van der Waals surface area contributed by atoms with E-state index in [0.717, 1.165) is 11.8 Å². The Morgan fingerprint density at radius 3 is 3.00 bits per heavy atom. The second kappa shape index (κ2) is 5.64. The van der Waals surface area contributed by atoms with Crippen LogP contribution in [0.25, 0.3) is 0 Å². The van der Waals surface area contributed by atoms with Crippen LogP contribution in [0, 0.1) is 5.82 Å². The van der Waals surface area contributed by atoms with Gasteiger partial charge in [0.05, 0.1) is 6.20 Å². The number of ether oxygens (including phenoxy) is 1. The monoisotopic (exact) mass is 199 g/mol. The molecular formula is C9H14FN3O. The van der Waals surface area contributed by atoms with Crippen molar-refractivity contribution in [2.24, 2.45) is 5.84 Å². The fourth-order valence-corrected chi connectivity index (χ4v) is 1.20. The minimum absolute atomic E-state index is 0.127. The van der Waals surface area contributed by atoms with E-state index < -0.39 is 0 Å². The third kappa shape index (κ3) is 3.02. The van der Waals surface area contributed by atoms with Crippen LogP contribution in [0.5, 0.6) is 0 Å². The molecule has 4 nitrogen and oxygen atoms in total. The van der Waals surface area contributed by atoms with E-state index in [1.165, 1.54) is 6.07 Å². The van der Waals surface area contributed by atoms with Gasteiger partial charge >= 0.3 is 0 Å². The highest BCUT2D eigenvalue weighted by molar-refractivity contribution is 5.14. The number of methoxy groups -OCH3 is 1. The van der Waals surface area contributed by atoms with Gasteiger partial charge in [0, 0.05) is 26.0 Å². The van der Waals surface area contributed by atoms with Crippen LogP contribution >= 0.6 is 0 Å². The van der Waals surface area contributed by atoms with Crippen LogP contribution in [-0.2, 0) is 4.74 Å². The molecule has 78 valence electrons. The van der Waals surface area contributed by atoms with Crippen molar-refractivity contribution in [1.82, 2.24) is 10.4 Å². The van der Waals surface area contributed by atoms with Gasteiger partial charge in [0.15, 0.2) is 0 Å². The minimum Gasteiger partial charge on any atom is -0.385 e. The Kier molecular flexibility index (Phi) is 4.45. The summed E-state index contributed by atoms with van der Waals surface area (Å²) in [7, 11) is 1.61. The fraction of sp³-hybridized carbons (Fsp3) is 0.444. The molecule has 0 radical (unpaired) electrons. The van der Waals surface area contributed by atoms with Gasteiger partial charge in [-0.3, -0.25) is 16.3 Å². The molecule has 0 aromatic carbocycles. The number of hydrogen-bond donors (Lipinski definition) is 2. The van der Waals surface area contributed by atoms with E-state index in [1.807, 2.05) is 0 Å². The molecule has 0 fully saturated rings. The molecule has 0 aliphatic heterocycles. The van der Waals surface area contributed by atoms with Crippen LogP contribution in [0.3, 0.4) is 0 Å². The first-order chi connectivity index (χ1) is 6.77. The van der Waals surface area contributed by atoms with Gasteiger partial charge in [0.1, 0.15) is 5.82 Å². The fourth-order valence-electron chi connectivity index (χ4n) is 1.20. The summed E-state index contributed by atoms with van der Waals surface area (Å²) in [5.74, 6) is 4.98. The number of nitrogens with two attached hydrogens (primary N) is 1. The summed E-state index contributed by atoms with van der Waals surface area (Å²) in [6.07, 6.45) is 3.43. The number of nitrogens with one attached hydrogen (secondary N) is 1. The Morgan fingerprint density at radius 1 is 1.64 bits per heavy atom. The third-order valence-corrected chi connectivity index (χ3v) is 1.94. The Balaban J connectivity index is 2.68. The summed E-state index contributed by atoms with van der Waals surface area (Å²) >= 11 is 0. The molecule has 14 heavy (non-hydrogen) atoms. The topological polar surface area (TPSA) is 60.2 Å². The second-order valence-corrected chi connectivity index (χ2v) is 2.94. The lowest BCUT2D eigenvalue weighted by Crippen LogP contribution is -2.29. The molecule has 1 unspecified atom stereocenters. The van der Waals surface area contributed by atoms with E-state index in [2.05, 4.69) is 10.4 Å². The zero-order valence-corrected chi connectivity index (χ0v) is 8.03. The Hall–Kier alpha value is -1.04. The summed E-state index contributed by atoms with van der Waals surface area (Å²) in [5.41, 5.74) is 3.32. The van der Waals surface area contributed by atoms with E-state index in [0.29, 0.717) is 13.0 Å². The summed E-state index contributed by atoms with van der Waals surface area (Å²) in [6, 6.07) is 1.28. The van der Waals surface area contributed by atoms with Crippen LogP contribution in [0.15, 0.2) is 18.5 Å². The van der Waals surface area contributed by atoms with Gasteiger partial charge < -0.3 is 4.74 Å². The predicted molar refractivity (Wildman–Crippen MR) is 50.8 cm³/mol. The molecule has 5 heteroatoms. The van der Waals surface area contributed by atoms with Crippen molar-refractivity contribution in [3.8, 4) is 0 Å². The number of hydrazine groups is 1. The predicted octanol–water partition coefficient (Wildman–Crippen LogP) is 0.762. The van der Waals surface area contributed by atoms with E-state index >= 15 is 0 Å². The van der Waals surface area contributed by atoms with Crippen LogP contribution in [0.1, 0.15) is 18.0 Å². The molecule has 3 N–H and O–H groups in total. The van der Waals surface area contributed by atoms with Crippen LogP contribution < -0.4 is 11.3 Å². The maximum Gasteiger partial charge on any atom is 0.141 e. The van der Waals surface area contributed by atoms with Crippen molar-refractivity contribution < 1.29 is 9.13 Å². The molecule has 1 aromatic heterocycles. The zero-order valence-electron chi connectivity index (χ0n) is 8.03. The minimum atomic E-state index is -0.361. The van der Waals surface area contributed by atoms with Gasteiger partial charge in [-0.05, 0) is 18.1 Å². The third-order valence-electron chi connectivity index (χ3n) is 1.94. The Morgan fingerprint density at radius 2 is 2.43 bits per heavy atom. The van der Waals surface area contributed by atoms with Crippen molar-refractivity contribution in [2.75, 3.05) is 13.7 Å². The van der Waals surface area contributed by atoms with Crippen molar-refractivity contribution in [3.63, 3.8) is 0 Å². The van der Waals surface area contributed by atoms with Gasteiger partial charge in [-0.2, -0.15) is 0 Å². The van der Waals surface area contributed by atoms with Crippen LogP contribution in [0.4, 0.5) is 4.39 Å². The van der Waals surface area contributed by atoms with Gasteiger partial charge in [-0.15, -0.1) is 0 Å². The molecular weight excluding hydrogens is 185 g/mol. The molecule has 1 rings (SSSR count). The maximum absolute atomic E-state index is 12.8. The lowest BCUT2D eigenvalue weighted by Gasteiger charge is -2.14. The average molecular weight is 199 g/mol. The first-order valence-electron chi connectivity index (χ1n) is 4.33. The lowest BCUT2D eigenvalue weighted by atomic mass is 10.1. The number of rotatable bonds is 5. The standard InChI is InChI=1S/C9H14FN3O/c1-14-3-2-9(13-11)7-4-8(10)6-12-5-7/h4-6,9,13H,2-3,11H2,1H3. The molecule has 0 saturated heterocycles.